The van der Waals surface area contributed by atoms with E-state index >= 15 is 0 Å². The molecule has 2 N–H and O–H groups in total. The number of aromatic hydroxyl groups is 2. The lowest BCUT2D eigenvalue weighted by atomic mass is 10.0. The number of carbonyl (C=O) groups excluding carboxylic acids is 1. The van der Waals surface area contributed by atoms with E-state index in [0.717, 1.165) is 0 Å². The number of hydrogen-bond donors (Lipinski definition) is 2. The maximum absolute atomic E-state index is 11.6. The largest absolute Gasteiger partial charge is 0.506 e. The van der Waals surface area contributed by atoms with Crippen LogP contribution < -0.4 is 0 Å². The van der Waals surface area contributed by atoms with Crippen LogP contribution in [0.3, 0.4) is 0 Å². The maximum Gasteiger partial charge on any atom is 0.342 e. The van der Waals surface area contributed by atoms with Crippen LogP contribution in [0.2, 0.25) is 0 Å². The molecule has 0 saturated carbocycles. The SMILES string of the molecule is CCOC(=O)c1c(C)c(C)c(O)c(Br)c1O. The van der Waals surface area contributed by atoms with Crippen LogP contribution in [0.1, 0.15) is 28.4 Å². The number of esters is 1. The maximum atomic E-state index is 11.6. The van der Waals surface area contributed by atoms with Crippen molar-refractivity contribution >= 4 is 21.9 Å². The Morgan fingerprint density at radius 1 is 1.25 bits per heavy atom. The van der Waals surface area contributed by atoms with E-state index in [9.17, 15) is 15.0 Å². The van der Waals surface area contributed by atoms with Gasteiger partial charge in [0.15, 0.2) is 0 Å². The molecule has 0 amide bonds. The molecule has 88 valence electrons. The minimum absolute atomic E-state index is 0.0666. The lowest BCUT2D eigenvalue weighted by Gasteiger charge is -2.13. The third kappa shape index (κ3) is 2.00. The van der Waals surface area contributed by atoms with Crippen molar-refractivity contribution in [3.63, 3.8) is 0 Å². The topological polar surface area (TPSA) is 66.8 Å². The summed E-state index contributed by atoms with van der Waals surface area (Å²) >= 11 is 3.03. The molecule has 0 spiro atoms. The number of phenolic OH excluding ortho intramolecular Hbond substituents is 2. The number of phenols is 2. The highest BCUT2D eigenvalue weighted by Gasteiger charge is 2.23. The van der Waals surface area contributed by atoms with E-state index in [1.807, 2.05) is 0 Å². The molecule has 1 aromatic rings. The van der Waals surface area contributed by atoms with Crippen molar-refractivity contribution in [2.75, 3.05) is 6.61 Å². The van der Waals surface area contributed by atoms with Gasteiger partial charge in [-0.1, -0.05) is 0 Å². The van der Waals surface area contributed by atoms with Gasteiger partial charge in [-0.2, -0.15) is 0 Å². The molecule has 0 aliphatic heterocycles. The molecule has 0 unspecified atom stereocenters. The van der Waals surface area contributed by atoms with Crippen LogP contribution in [-0.4, -0.2) is 22.8 Å². The first kappa shape index (κ1) is 12.8. The third-order valence-electron chi connectivity index (χ3n) is 2.42. The summed E-state index contributed by atoms with van der Waals surface area (Å²) in [6, 6.07) is 0. The van der Waals surface area contributed by atoms with Gasteiger partial charge in [0.05, 0.1) is 6.61 Å². The van der Waals surface area contributed by atoms with Crippen LogP contribution in [0.4, 0.5) is 0 Å². The minimum atomic E-state index is -0.596. The Labute approximate surface area is 102 Å². The van der Waals surface area contributed by atoms with Crippen LogP contribution in [0.15, 0.2) is 4.47 Å². The summed E-state index contributed by atoms with van der Waals surface area (Å²) in [5.74, 6) is -0.955. The van der Waals surface area contributed by atoms with E-state index < -0.39 is 5.97 Å². The van der Waals surface area contributed by atoms with Crippen LogP contribution in [0.5, 0.6) is 11.5 Å². The van der Waals surface area contributed by atoms with Gasteiger partial charge >= 0.3 is 5.97 Å². The zero-order chi connectivity index (χ0) is 12.5. The average Bonchev–Trinajstić information content (AvgIpc) is 2.24. The number of ether oxygens (including phenoxy) is 1. The molecule has 1 rings (SSSR count). The van der Waals surface area contributed by atoms with Crippen LogP contribution in [0.25, 0.3) is 0 Å². The number of halogens is 1. The summed E-state index contributed by atoms with van der Waals surface area (Å²) in [6.07, 6.45) is 0. The molecule has 0 aromatic heterocycles. The molecule has 0 atom stereocenters. The van der Waals surface area contributed by atoms with E-state index in [4.69, 9.17) is 4.74 Å². The Bertz CT molecular complexity index is 411. The first-order valence-electron chi connectivity index (χ1n) is 4.79. The Morgan fingerprint density at radius 2 is 1.81 bits per heavy atom. The van der Waals surface area contributed by atoms with Crippen molar-refractivity contribution < 1.29 is 19.7 Å². The van der Waals surface area contributed by atoms with Gasteiger partial charge in [0, 0.05) is 0 Å². The predicted molar refractivity (Wildman–Crippen MR) is 62.9 cm³/mol. The number of hydrogen-bond acceptors (Lipinski definition) is 4. The minimum Gasteiger partial charge on any atom is -0.506 e. The van der Waals surface area contributed by atoms with Gasteiger partial charge in [-0.3, -0.25) is 0 Å². The Morgan fingerprint density at radius 3 is 2.31 bits per heavy atom. The van der Waals surface area contributed by atoms with Gasteiger partial charge in [0.2, 0.25) is 0 Å². The van der Waals surface area contributed by atoms with Crippen molar-refractivity contribution in [1.82, 2.24) is 0 Å². The predicted octanol–water partition coefficient (Wildman–Crippen LogP) is 2.65. The summed E-state index contributed by atoms with van der Waals surface area (Å²) in [4.78, 5) is 11.6. The summed E-state index contributed by atoms with van der Waals surface area (Å²) in [6.45, 7) is 5.23. The number of carbonyl (C=O) groups is 1. The van der Waals surface area contributed by atoms with Crippen LogP contribution in [0, 0.1) is 13.8 Å². The van der Waals surface area contributed by atoms with Gasteiger partial charge in [-0.15, -0.1) is 0 Å². The van der Waals surface area contributed by atoms with Crippen molar-refractivity contribution in [2.24, 2.45) is 0 Å². The highest BCUT2D eigenvalue weighted by molar-refractivity contribution is 9.10. The highest BCUT2D eigenvalue weighted by atomic mass is 79.9. The average molecular weight is 289 g/mol. The Hall–Kier alpha value is -1.23. The molecule has 0 heterocycles. The fraction of sp³-hybridized carbons (Fsp3) is 0.364. The van der Waals surface area contributed by atoms with Crippen LogP contribution >= 0.6 is 15.9 Å². The van der Waals surface area contributed by atoms with Crippen LogP contribution in [-0.2, 0) is 4.74 Å². The Kier molecular flexibility index (Phi) is 3.80. The van der Waals surface area contributed by atoms with E-state index in [-0.39, 0.29) is 28.1 Å². The van der Waals surface area contributed by atoms with Gasteiger partial charge in [-0.25, -0.2) is 4.79 Å². The Balaban J connectivity index is 3.45. The summed E-state index contributed by atoms with van der Waals surface area (Å²) in [7, 11) is 0. The normalized spacial score (nSPS) is 10.2. The van der Waals surface area contributed by atoms with Gasteiger partial charge in [-0.05, 0) is 47.8 Å². The van der Waals surface area contributed by atoms with Crippen molar-refractivity contribution in [2.45, 2.75) is 20.8 Å². The number of benzene rings is 1. The third-order valence-corrected chi connectivity index (χ3v) is 3.18. The molecule has 0 radical (unpaired) electrons. The quantitative estimate of drug-likeness (QED) is 0.821. The fourth-order valence-electron chi connectivity index (χ4n) is 1.38. The monoisotopic (exact) mass is 288 g/mol. The van der Waals surface area contributed by atoms with Gasteiger partial charge in [0.25, 0.3) is 0 Å². The van der Waals surface area contributed by atoms with E-state index in [2.05, 4.69) is 15.9 Å². The van der Waals surface area contributed by atoms with Gasteiger partial charge < -0.3 is 14.9 Å². The zero-order valence-electron chi connectivity index (χ0n) is 9.30. The second-order valence-electron chi connectivity index (χ2n) is 3.36. The molecule has 0 saturated heterocycles. The first-order valence-corrected chi connectivity index (χ1v) is 5.58. The smallest absolute Gasteiger partial charge is 0.342 e. The summed E-state index contributed by atoms with van der Waals surface area (Å²) in [5, 5.41) is 19.4. The van der Waals surface area contributed by atoms with Crippen molar-refractivity contribution in [3.8, 4) is 11.5 Å². The highest BCUT2D eigenvalue weighted by Crippen LogP contribution is 2.41. The van der Waals surface area contributed by atoms with E-state index in [1.54, 1.807) is 20.8 Å². The molecule has 16 heavy (non-hydrogen) atoms. The molecule has 0 fully saturated rings. The molecule has 5 heteroatoms. The molecular formula is C11H13BrO4. The lowest BCUT2D eigenvalue weighted by molar-refractivity contribution is 0.0522. The second-order valence-corrected chi connectivity index (χ2v) is 4.15. The summed E-state index contributed by atoms with van der Waals surface area (Å²) < 4.78 is 4.95. The molecular weight excluding hydrogens is 276 g/mol. The standard InChI is InChI=1S/C11H13BrO4/c1-4-16-11(15)7-5(2)6(3)9(13)8(12)10(7)14/h13-14H,4H2,1-3H3. The van der Waals surface area contributed by atoms with Crippen molar-refractivity contribution in [3.05, 3.63) is 21.2 Å². The first-order chi connectivity index (χ1) is 7.41. The molecule has 0 aliphatic carbocycles. The summed E-state index contributed by atoms with van der Waals surface area (Å²) in [5.41, 5.74) is 1.13. The number of rotatable bonds is 2. The molecule has 1 aromatic carbocycles. The van der Waals surface area contributed by atoms with E-state index in [1.165, 1.54) is 0 Å². The lowest BCUT2D eigenvalue weighted by Crippen LogP contribution is -2.08. The molecule has 0 bridgehead atoms. The zero-order valence-corrected chi connectivity index (χ0v) is 10.9. The molecule has 4 nitrogen and oxygen atoms in total. The molecule has 0 aliphatic rings. The fourth-order valence-corrected chi connectivity index (χ4v) is 1.88. The van der Waals surface area contributed by atoms with Crippen molar-refractivity contribution in [1.29, 1.82) is 0 Å². The van der Waals surface area contributed by atoms with E-state index in [0.29, 0.717) is 11.1 Å². The van der Waals surface area contributed by atoms with Gasteiger partial charge in [0.1, 0.15) is 21.5 Å². The second kappa shape index (κ2) is 4.74.